The molecule has 0 aliphatic heterocycles. The minimum Gasteiger partial charge on any atom is -0.351 e. The minimum atomic E-state index is -0.312. The predicted molar refractivity (Wildman–Crippen MR) is 63.3 cm³/mol. The topological polar surface area (TPSA) is 52.9 Å². The smallest absolute Gasteiger partial charge is 0.261 e. The lowest BCUT2D eigenvalue weighted by Gasteiger charge is -2.01. The third-order valence-electron chi connectivity index (χ3n) is 2.01. The van der Waals surface area contributed by atoms with Gasteiger partial charge in [-0.25, -0.2) is 0 Å². The van der Waals surface area contributed by atoms with E-state index < -0.39 is 0 Å². The second-order valence-corrected chi connectivity index (χ2v) is 3.34. The number of rotatable bonds is 4. The summed E-state index contributed by atoms with van der Waals surface area (Å²) in [7, 11) is 0. The van der Waals surface area contributed by atoms with Gasteiger partial charge < -0.3 is 5.32 Å². The van der Waals surface area contributed by atoms with Crippen molar-refractivity contribution in [1.29, 1.82) is 5.26 Å². The van der Waals surface area contributed by atoms with Gasteiger partial charge in [0.1, 0.15) is 11.6 Å². The fourth-order valence-corrected chi connectivity index (χ4v) is 1.20. The summed E-state index contributed by atoms with van der Waals surface area (Å²) in [5.74, 6) is -0.312. The number of amides is 1. The van der Waals surface area contributed by atoms with Gasteiger partial charge >= 0.3 is 0 Å². The molecule has 0 saturated heterocycles. The van der Waals surface area contributed by atoms with Crippen molar-refractivity contribution >= 4 is 12.0 Å². The number of hydrogen-bond donors (Lipinski definition) is 1. The molecule has 16 heavy (non-hydrogen) atoms. The number of benzene rings is 1. The quantitative estimate of drug-likeness (QED) is 0.616. The van der Waals surface area contributed by atoms with Crippen LogP contribution >= 0.6 is 0 Å². The number of carbonyl (C=O) groups is 1. The van der Waals surface area contributed by atoms with Crippen LogP contribution in [-0.4, -0.2) is 12.5 Å². The Morgan fingerprint density at radius 3 is 2.69 bits per heavy atom. The van der Waals surface area contributed by atoms with Gasteiger partial charge in [0.2, 0.25) is 0 Å². The lowest BCUT2D eigenvalue weighted by molar-refractivity contribution is -0.117. The van der Waals surface area contributed by atoms with E-state index in [1.807, 2.05) is 43.3 Å². The number of carbonyl (C=O) groups excluding carboxylic acids is 1. The van der Waals surface area contributed by atoms with Gasteiger partial charge in [-0.2, -0.15) is 5.26 Å². The molecule has 3 nitrogen and oxygen atoms in total. The maximum Gasteiger partial charge on any atom is 0.261 e. The number of nitrogens with one attached hydrogen (secondary N) is 1. The van der Waals surface area contributed by atoms with Crippen molar-refractivity contribution in [1.82, 2.24) is 5.32 Å². The fraction of sp³-hybridized carbons (Fsp3) is 0.231. The standard InChI is InChI=1S/C13H14N2O/c1-2-8-15-13(16)12(10-14)9-11-6-4-3-5-7-11/h3-7,9H,2,8H2,1H3,(H,15,16)/b12-9-. The van der Waals surface area contributed by atoms with Crippen LogP contribution in [0.1, 0.15) is 18.9 Å². The first kappa shape index (κ1) is 12.0. The van der Waals surface area contributed by atoms with Crippen LogP contribution in [0.15, 0.2) is 35.9 Å². The Balaban J connectivity index is 2.79. The van der Waals surface area contributed by atoms with Crippen molar-refractivity contribution < 1.29 is 4.79 Å². The first-order valence-corrected chi connectivity index (χ1v) is 5.23. The number of nitriles is 1. The van der Waals surface area contributed by atoms with Crippen LogP contribution in [0.25, 0.3) is 6.08 Å². The van der Waals surface area contributed by atoms with E-state index in [-0.39, 0.29) is 11.5 Å². The number of nitrogens with zero attached hydrogens (tertiary/aromatic N) is 1. The van der Waals surface area contributed by atoms with E-state index in [1.54, 1.807) is 6.08 Å². The molecule has 1 rings (SSSR count). The van der Waals surface area contributed by atoms with Gasteiger partial charge in [0, 0.05) is 6.54 Å². The summed E-state index contributed by atoms with van der Waals surface area (Å²) in [6.07, 6.45) is 2.45. The Labute approximate surface area is 95.4 Å². The molecule has 3 heteroatoms. The summed E-state index contributed by atoms with van der Waals surface area (Å²) in [4.78, 5) is 11.5. The van der Waals surface area contributed by atoms with Gasteiger partial charge in [-0.15, -0.1) is 0 Å². The van der Waals surface area contributed by atoms with Gasteiger partial charge in [0.05, 0.1) is 0 Å². The van der Waals surface area contributed by atoms with Gasteiger partial charge in [0.15, 0.2) is 0 Å². The molecule has 0 fully saturated rings. The molecule has 82 valence electrons. The average molecular weight is 214 g/mol. The molecular formula is C13H14N2O. The SMILES string of the molecule is CCCNC(=O)/C(C#N)=C\c1ccccc1. The molecule has 0 aliphatic carbocycles. The molecule has 0 aromatic heterocycles. The van der Waals surface area contributed by atoms with Crippen LogP contribution in [0.4, 0.5) is 0 Å². The Morgan fingerprint density at radius 1 is 1.44 bits per heavy atom. The highest BCUT2D eigenvalue weighted by Crippen LogP contribution is 2.05. The molecule has 0 radical (unpaired) electrons. The summed E-state index contributed by atoms with van der Waals surface area (Å²) in [5.41, 5.74) is 0.991. The first-order valence-electron chi connectivity index (χ1n) is 5.23. The van der Waals surface area contributed by atoms with Crippen LogP contribution in [0.3, 0.4) is 0 Å². The molecule has 0 heterocycles. The van der Waals surface area contributed by atoms with Gasteiger partial charge in [-0.05, 0) is 18.1 Å². The van der Waals surface area contributed by atoms with Crippen molar-refractivity contribution in [3.05, 3.63) is 41.5 Å². The summed E-state index contributed by atoms with van der Waals surface area (Å²) >= 11 is 0. The summed E-state index contributed by atoms with van der Waals surface area (Å²) < 4.78 is 0. The Bertz CT molecular complexity index is 415. The zero-order valence-electron chi connectivity index (χ0n) is 9.23. The highest BCUT2D eigenvalue weighted by atomic mass is 16.1. The maximum absolute atomic E-state index is 11.5. The fourth-order valence-electron chi connectivity index (χ4n) is 1.20. The minimum absolute atomic E-state index is 0.139. The van der Waals surface area contributed by atoms with Crippen LogP contribution in [0, 0.1) is 11.3 Å². The van der Waals surface area contributed by atoms with Gasteiger partial charge in [-0.3, -0.25) is 4.79 Å². The van der Waals surface area contributed by atoms with E-state index in [0.717, 1.165) is 12.0 Å². The zero-order valence-corrected chi connectivity index (χ0v) is 9.23. The normalized spacial score (nSPS) is 10.6. The molecule has 0 unspecified atom stereocenters. The second-order valence-electron chi connectivity index (χ2n) is 3.34. The summed E-state index contributed by atoms with van der Waals surface area (Å²) in [6, 6.07) is 11.2. The monoisotopic (exact) mass is 214 g/mol. The second kappa shape index (κ2) is 6.41. The lowest BCUT2D eigenvalue weighted by atomic mass is 10.1. The van der Waals surface area contributed by atoms with Crippen molar-refractivity contribution in [3.8, 4) is 6.07 Å². The summed E-state index contributed by atoms with van der Waals surface area (Å²) in [5, 5.41) is 11.6. The van der Waals surface area contributed by atoms with Crippen LogP contribution in [0.2, 0.25) is 0 Å². The molecule has 0 aliphatic rings. The zero-order chi connectivity index (χ0) is 11.8. The van der Waals surface area contributed by atoms with Crippen molar-refractivity contribution in [3.63, 3.8) is 0 Å². The highest BCUT2D eigenvalue weighted by Gasteiger charge is 2.06. The molecular weight excluding hydrogens is 200 g/mol. The van der Waals surface area contributed by atoms with Gasteiger partial charge in [0.25, 0.3) is 5.91 Å². The van der Waals surface area contributed by atoms with Crippen molar-refractivity contribution in [2.24, 2.45) is 0 Å². The van der Waals surface area contributed by atoms with Crippen LogP contribution < -0.4 is 5.32 Å². The van der Waals surface area contributed by atoms with Crippen molar-refractivity contribution in [2.45, 2.75) is 13.3 Å². The van der Waals surface area contributed by atoms with E-state index >= 15 is 0 Å². The van der Waals surface area contributed by atoms with E-state index in [4.69, 9.17) is 5.26 Å². The first-order chi connectivity index (χ1) is 7.77. The average Bonchev–Trinajstić information content (AvgIpc) is 2.34. The number of hydrogen-bond acceptors (Lipinski definition) is 2. The Morgan fingerprint density at radius 2 is 2.12 bits per heavy atom. The molecule has 0 spiro atoms. The van der Waals surface area contributed by atoms with Crippen LogP contribution in [0.5, 0.6) is 0 Å². The third-order valence-corrected chi connectivity index (χ3v) is 2.01. The molecule has 1 amide bonds. The van der Waals surface area contributed by atoms with Crippen molar-refractivity contribution in [2.75, 3.05) is 6.54 Å². The Hall–Kier alpha value is -2.08. The van der Waals surface area contributed by atoms with E-state index in [9.17, 15) is 4.79 Å². The third kappa shape index (κ3) is 3.58. The van der Waals surface area contributed by atoms with E-state index in [1.165, 1.54) is 0 Å². The molecule has 0 atom stereocenters. The van der Waals surface area contributed by atoms with Crippen LogP contribution in [-0.2, 0) is 4.79 Å². The van der Waals surface area contributed by atoms with E-state index in [0.29, 0.717) is 6.54 Å². The van der Waals surface area contributed by atoms with E-state index in [2.05, 4.69) is 5.32 Å². The molecule has 1 N–H and O–H groups in total. The maximum atomic E-state index is 11.5. The Kier molecular flexibility index (Phi) is 4.81. The largest absolute Gasteiger partial charge is 0.351 e. The molecule has 1 aromatic rings. The lowest BCUT2D eigenvalue weighted by Crippen LogP contribution is -2.25. The van der Waals surface area contributed by atoms with Gasteiger partial charge in [-0.1, -0.05) is 37.3 Å². The molecule has 0 bridgehead atoms. The molecule has 1 aromatic carbocycles. The highest BCUT2D eigenvalue weighted by molar-refractivity contribution is 6.01. The summed E-state index contributed by atoms with van der Waals surface area (Å²) in [6.45, 7) is 2.56. The molecule has 0 saturated carbocycles. The predicted octanol–water partition coefficient (Wildman–Crippen LogP) is 2.12.